The van der Waals surface area contributed by atoms with Gasteiger partial charge in [-0.3, -0.25) is 18.7 Å². The highest BCUT2D eigenvalue weighted by Gasteiger charge is 2.40. The van der Waals surface area contributed by atoms with Gasteiger partial charge in [0.25, 0.3) is 0 Å². The van der Waals surface area contributed by atoms with Crippen LogP contribution in [0.5, 0.6) is 0 Å². The quantitative estimate of drug-likeness (QED) is 0.241. The fourth-order valence-electron chi connectivity index (χ4n) is 4.28. The standard InChI is InChI=1S/C19H22N2O10P2S.C6H15N/c1-10(22)20-14-8-18-12(6-16(14)32(24,25)29-3)13-7-17(33(26,30-4)31-5)15(21-11(2)23)9-19(13)34(18,27)28;1-4-7(5-2)6-3/h6-9H,1-5H3,(H,20,22)(H,21,23)(H,24,25);4-6H2,1-3H3/p+1. The molecule has 0 saturated carbocycles. The fourth-order valence-corrected chi connectivity index (χ4v) is 8.14. The number of sulfone groups is 1. The molecule has 2 aromatic carbocycles. The Morgan fingerprint density at radius 2 is 1.17 bits per heavy atom. The van der Waals surface area contributed by atoms with Gasteiger partial charge in [0, 0.05) is 46.3 Å². The van der Waals surface area contributed by atoms with Crippen LogP contribution in [0.2, 0.25) is 0 Å². The lowest BCUT2D eigenvalue weighted by molar-refractivity contribution is -0.894. The highest BCUT2D eigenvalue weighted by atomic mass is 32.2. The normalized spacial score (nSPS) is 14.8. The van der Waals surface area contributed by atoms with E-state index in [9.17, 15) is 32.0 Å². The second-order valence-electron chi connectivity index (χ2n) is 8.97. The molecule has 0 aliphatic carbocycles. The van der Waals surface area contributed by atoms with Gasteiger partial charge in [0.2, 0.25) is 21.7 Å². The molecule has 0 aromatic heterocycles. The molecule has 0 radical (unpaired) electrons. The van der Waals surface area contributed by atoms with Gasteiger partial charge in [-0.15, -0.1) is 0 Å². The van der Waals surface area contributed by atoms with Crippen LogP contribution in [0.1, 0.15) is 34.6 Å². The Hall–Kier alpha value is -2.41. The molecule has 0 saturated heterocycles. The van der Waals surface area contributed by atoms with E-state index in [-0.39, 0.29) is 42.9 Å². The molecule has 1 heterocycles. The third-order valence-electron chi connectivity index (χ3n) is 6.51. The Morgan fingerprint density at radius 1 is 0.780 bits per heavy atom. The predicted octanol–water partition coefficient (Wildman–Crippen LogP) is 1.92. The number of quaternary nitrogens is 1. The Kier molecular flexibility index (Phi) is 11.6. The van der Waals surface area contributed by atoms with E-state index in [2.05, 4.69) is 31.4 Å². The van der Waals surface area contributed by atoms with E-state index in [0.29, 0.717) is 0 Å². The topological polar surface area (TPSA) is 179 Å². The van der Waals surface area contributed by atoms with Crippen molar-refractivity contribution in [2.24, 2.45) is 0 Å². The van der Waals surface area contributed by atoms with Crippen molar-refractivity contribution in [3.63, 3.8) is 0 Å². The van der Waals surface area contributed by atoms with Crippen LogP contribution in [0.3, 0.4) is 0 Å². The Morgan fingerprint density at radius 3 is 1.49 bits per heavy atom. The Balaban J connectivity index is 0.000000745. The molecule has 0 fully saturated rings. The van der Waals surface area contributed by atoms with E-state index in [1.54, 1.807) is 4.90 Å². The first-order valence-electron chi connectivity index (χ1n) is 12.7. The van der Waals surface area contributed by atoms with Gasteiger partial charge >= 0.3 is 15.2 Å². The van der Waals surface area contributed by atoms with Crippen LogP contribution in [0.25, 0.3) is 11.1 Å². The van der Waals surface area contributed by atoms with Crippen LogP contribution in [0.4, 0.5) is 11.4 Å². The summed E-state index contributed by atoms with van der Waals surface area (Å²) in [5, 5.41) is 4.30. The molecule has 1 atom stereocenters. The predicted molar refractivity (Wildman–Crippen MR) is 156 cm³/mol. The molecule has 16 heteroatoms. The zero-order valence-corrected chi connectivity index (χ0v) is 27.0. The summed E-state index contributed by atoms with van der Waals surface area (Å²) in [4.78, 5) is 34.8. The SMILES string of the molecule is CC[NH+](CC)CC.COP(=O)(O)c1cc2c(cc1NC(C)=O)S(=O)(=O)c1cc(NC(C)=O)c(P(=O)(OC)OC)cc1-2. The maximum atomic E-state index is 13.4. The van der Waals surface area contributed by atoms with E-state index in [1.165, 1.54) is 32.6 Å². The van der Waals surface area contributed by atoms with E-state index < -0.39 is 36.8 Å². The summed E-state index contributed by atoms with van der Waals surface area (Å²) in [5.41, 5.74) is -0.307. The van der Waals surface area contributed by atoms with E-state index in [0.717, 1.165) is 46.5 Å². The first-order valence-corrected chi connectivity index (χ1v) is 17.3. The second kappa shape index (κ2) is 13.7. The molecule has 41 heavy (non-hydrogen) atoms. The van der Waals surface area contributed by atoms with Gasteiger partial charge < -0.3 is 34.0 Å². The van der Waals surface area contributed by atoms with Crippen molar-refractivity contribution in [1.82, 2.24) is 0 Å². The van der Waals surface area contributed by atoms with Gasteiger partial charge in [-0.25, -0.2) is 8.42 Å². The fraction of sp³-hybridized carbons (Fsp3) is 0.440. The van der Waals surface area contributed by atoms with Crippen LogP contribution in [0.15, 0.2) is 34.1 Å². The summed E-state index contributed by atoms with van der Waals surface area (Å²) in [6.07, 6.45) is 0. The third-order valence-corrected chi connectivity index (χ3v) is 11.7. The van der Waals surface area contributed by atoms with Crippen LogP contribution < -0.4 is 26.1 Å². The van der Waals surface area contributed by atoms with E-state index in [1.807, 2.05) is 0 Å². The molecule has 1 aliphatic heterocycles. The summed E-state index contributed by atoms with van der Waals surface area (Å²) in [7, 11) is -9.43. The van der Waals surface area contributed by atoms with E-state index >= 15 is 0 Å². The maximum Gasteiger partial charge on any atom is 0.362 e. The number of hydrogen-bond acceptors (Lipinski definition) is 9. The number of amides is 2. The summed E-state index contributed by atoms with van der Waals surface area (Å²) in [6, 6.07) is 4.49. The Labute approximate surface area is 240 Å². The van der Waals surface area contributed by atoms with Crippen molar-refractivity contribution in [1.29, 1.82) is 0 Å². The third kappa shape index (κ3) is 7.33. The number of fused-ring (bicyclic) bond motifs is 3. The first kappa shape index (κ1) is 34.8. The lowest BCUT2D eigenvalue weighted by atomic mass is 10.0. The molecule has 3 rings (SSSR count). The molecular formula is C25H38N3O10P2S+. The number of nitrogens with one attached hydrogen (secondary N) is 3. The number of carbonyl (C=O) groups excluding carboxylic acids is 2. The average molecular weight is 635 g/mol. The second-order valence-corrected chi connectivity index (χ2v) is 15.0. The zero-order valence-electron chi connectivity index (χ0n) is 24.4. The minimum atomic E-state index is -4.46. The van der Waals surface area contributed by atoms with Crippen molar-refractivity contribution >= 4 is 58.8 Å². The summed E-state index contributed by atoms with van der Waals surface area (Å²) < 4.78 is 67.3. The smallest absolute Gasteiger partial charge is 0.336 e. The minimum absolute atomic E-state index is 0.000178. The molecule has 2 aromatic rings. The summed E-state index contributed by atoms with van der Waals surface area (Å²) >= 11 is 0. The van der Waals surface area contributed by atoms with Gasteiger partial charge in [0.1, 0.15) is 0 Å². The van der Waals surface area contributed by atoms with Gasteiger partial charge in [-0.2, -0.15) is 0 Å². The first-order chi connectivity index (χ1) is 19.1. The van der Waals surface area contributed by atoms with E-state index in [4.69, 9.17) is 13.6 Å². The van der Waals surface area contributed by atoms with Gasteiger partial charge in [-0.05, 0) is 45.0 Å². The monoisotopic (exact) mass is 634 g/mol. The minimum Gasteiger partial charge on any atom is -0.336 e. The summed E-state index contributed by atoms with van der Waals surface area (Å²) in [6.45, 7) is 12.8. The lowest BCUT2D eigenvalue weighted by Crippen LogP contribution is -3.11. The number of rotatable bonds is 10. The Bertz CT molecular complexity index is 1510. The summed E-state index contributed by atoms with van der Waals surface area (Å²) in [5.74, 6) is -1.18. The molecule has 1 aliphatic rings. The molecule has 0 bridgehead atoms. The number of hydrogen-bond donors (Lipinski definition) is 4. The largest absolute Gasteiger partial charge is 0.362 e. The van der Waals surface area contributed by atoms with Crippen LogP contribution in [0, 0.1) is 0 Å². The molecule has 4 N–H and O–H groups in total. The highest BCUT2D eigenvalue weighted by molar-refractivity contribution is 7.92. The van der Waals surface area contributed by atoms with Crippen LogP contribution in [-0.4, -0.2) is 66.1 Å². The lowest BCUT2D eigenvalue weighted by Gasteiger charge is -2.19. The zero-order chi connectivity index (χ0) is 31.3. The molecule has 1 unspecified atom stereocenters. The van der Waals surface area contributed by atoms with Crippen molar-refractivity contribution in [3.05, 3.63) is 24.3 Å². The van der Waals surface area contributed by atoms with Crippen LogP contribution in [-0.2, 0) is 42.1 Å². The van der Waals surface area contributed by atoms with Crippen molar-refractivity contribution < 1.29 is 50.5 Å². The number of benzene rings is 2. The molecule has 13 nitrogen and oxygen atoms in total. The van der Waals surface area contributed by atoms with Crippen molar-refractivity contribution in [2.75, 3.05) is 51.6 Å². The number of carbonyl (C=O) groups is 2. The van der Waals surface area contributed by atoms with Gasteiger partial charge in [-0.1, -0.05) is 0 Å². The van der Waals surface area contributed by atoms with Crippen molar-refractivity contribution in [2.45, 2.75) is 44.4 Å². The van der Waals surface area contributed by atoms with Gasteiger partial charge in [0.15, 0.2) is 0 Å². The molecule has 0 spiro atoms. The molecule has 228 valence electrons. The molecule has 2 amide bonds. The maximum absolute atomic E-state index is 13.4. The average Bonchev–Trinajstić information content (AvgIpc) is 3.13. The molecular weight excluding hydrogens is 596 g/mol. The van der Waals surface area contributed by atoms with Gasteiger partial charge in [0.05, 0.1) is 51.4 Å². The van der Waals surface area contributed by atoms with Crippen LogP contribution >= 0.6 is 15.2 Å². The van der Waals surface area contributed by atoms with Crippen molar-refractivity contribution in [3.8, 4) is 11.1 Å². The highest BCUT2D eigenvalue weighted by Crippen LogP contribution is 2.53. The number of anilines is 2.